The molecule has 0 radical (unpaired) electrons. The van der Waals surface area contributed by atoms with Crippen LogP contribution < -0.4 is 5.32 Å². The van der Waals surface area contributed by atoms with E-state index in [0.717, 1.165) is 19.3 Å². The lowest BCUT2D eigenvalue weighted by molar-refractivity contribution is -0.122. The molecule has 0 aliphatic heterocycles. The maximum atomic E-state index is 12.3. The minimum atomic E-state index is -0.595. The highest BCUT2D eigenvalue weighted by atomic mass is 16.3. The summed E-state index contributed by atoms with van der Waals surface area (Å²) in [6.07, 6.45) is 42.9. The van der Waals surface area contributed by atoms with E-state index in [4.69, 9.17) is 0 Å². The van der Waals surface area contributed by atoms with Crippen LogP contribution in [0.15, 0.2) is 12.2 Å². The van der Waals surface area contributed by atoms with Gasteiger partial charge in [-0.2, -0.15) is 0 Å². The van der Waals surface area contributed by atoms with E-state index in [2.05, 4.69) is 25.2 Å². The Bertz CT molecular complexity index is 546. The molecule has 0 rings (SSSR count). The van der Waals surface area contributed by atoms with E-state index >= 15 is 0 Å². The SMILES string of the molecule is CCCCCCCCCCCCC/C=C/[C@@H](O)[C@H](C)NC(=O)CCCCCCCCCCCCCCCCCCC. The van der Waals surface area contributed by atoms with Crippen LogP contribution in [0.3, 0.4) is 0 Å². The first-order chi connectivity index (χ1) is 20.1. The lowest BCUT2D eigenvalue weighted by atomic mass is 10.0. The van der Waals surface area contributed by atoms with Crippen LogP contribution in [0.2, 0.25) is 0 Å². The number of hydrogen-bond acceptors (Lipinski definition) is 2. The van der Waals surface area contributed by atoms with Crippen LogP contribution in [0.25, 0.3) is 0 Å². The fraction of sp³-hybridized carbons (Fsp3) is 0.921. The van der Waals surface area contributed by atoms with Gasteiger partial charge in [-0.05, 0) is 26.2 Å². The zero-order valence-electron chi connectivity index (χ0n) is 28.4. The molecule has 0 fully saturated rings. The van der Waals surface area contributed by atoms with E-state index in [0.29, 0.717) is 6.42 Å². The van der Waals surface area contributed by atoms with Crippen molar-refractivity contribution in [2.45, 2.75) is 226 Å². The molecule has 2 atom stereocenters. The molecule has 0 heterocycles. The molecule has 0 aromatic rings. The number of allylic oxidation sites excluding steroid dienone is 1. The maximum Gasteiger partial charge on any atom is 0.220 e. The smallest absolute Gasteiger partial charge is 0.220 e. The molecule has 0 bridgehead atoms. The van der Waals surface area contributed by atoms with Crippen molar-refractivity contribution < 1.29 is 9.90 Å². The average Bonchev–Trinajstić information content (AvgIpc) is 2.96. The van der Waals surface area contributed by atoms with Gasteiger partial charge in [-0.25, -0.2) is 0 Å². The van der Waals surface area contributed by atoms with Crippen LogP contribution in [0, 0.1) is 0 Å². The molecule has 0 aromatic heterocycles. The van der Waals surface area contributed by atoms with E-state index in [1.807, 2.05) is 13.0 Å². The number of unbranched alkanes of at least 4 members (excludes halogenated alkanes) is 27. The Morgan fingerprint density at radius 3 is 1.22 bits per heavy atom. The molecule has 0 saturated heterocycles. The summed E-state index contributed by atoms with van der Waals surface area (Å²) in [5, 5.41) is 13.4. The zero-order chi connectivity index (χ0) is 30.1. The molecule has 2 N–H and O–H groups in total. The second-order valence-electron chi connectivity index (χ2n) is 13.0. The van der Waals surface area contributed by atoms with Crippen LogP contribution in [0.4, 0.5) is 0 Å². The van der Waals surface area contributed by atoms with Gasteiger partial charge < -0.3 is 10.4 Å². The van der Waals surface area contributed by atoms with Crippen molar-refractivity contribution in [3.8, 4) is 0 Å². The number of carbonyl (C=O) groups is 1. The Labute approximate surface area is 258 Å². The highest BCUT2D eigenvalue weighted by molar-refractivity contribution is 5.76. The number of hydrogen-bond donors (Lipinski definition) is 2. The van der Waals surface area contributed by atoms with Crippen molar-refractivity contribution in [2.75, 3.05) is 0 Å². The molecule has 0 spiro atoms. The average molecular weight is 578 g/mol. The number of aliphatic hydroxyl groups excluding tert-OH is 1. The summed E-state index contributed by atoms with van der Waals surface area (Å²) in [5.74, 6) is 0.0799. The minimum Gasteiger partial charge on any atom is -0.387 e. The summed E-state index contributed by atoms with van der Waals surface area (Å²) >= 11 is 0. The van der Waals surface area contributed by atoms with Crippen molar-refractivity contribution in [2.24, 2.45) is 0 Å². The Hall–Kier alpha value is -0.830. The van der Waals surface area contributed by atoms with Crippen LogP contribution in [-0.2, 0) is 4.79 Å². The predicted octanol–water partition coefficient (Wildman–Crippen LogP) is 12.2. The van der Waals surface area contributed by atoms with Gasteiger partial charge in [0.25, 0.3) is 0 Å². The first-order valence-corrected chi connectivity index (χ1v) is 18.8. The van der Waals surface area contributed by atoms with Crippen molar-refractivity contribution in [1.29, 1.82) is 0 Å². The molecule has 1 amide bonds. The minimum absolute atomic E-state index is 0.0799. The summed E-state index contributed by atoms with van der Waals surface area (Å²) in [5.41, 5.74) is 0. The van der Waals surface area contributed by atoms with Crippen molar-refractivity contribution >= 4 is 5.91 Å². The number of carbonyl (C=O) groups excluding carboxylic acids is 1. The summed E-state index contributed by atoms with van der Waals surface area (Å²) in [6, 6.07) is -0.220. The third-order valence-corrected chi connectivity index (χ3v) is 8.72. The van der Waals surface area contributed by atoms with Gasteiger partial charge in [-0.15, -0.1) is 0 Å². The van der Waals surface area contributed by atoms with Crippen LogP contribution in [0.1, 0.15) is 213 Å². The largest absolute Gasteiger partial charge is 0.387 e. The van der Waals surface area contributed by atoms with Crippen molar-refractivity contribution in [3.05, 3.63) is 12.2 Å². The van der Waals surface area contributed by atoms with E-state index < -0.39 is 6.10 Å². The fourth-order valence-corrected chi connectivity index (χ4v) is 5.75. The Kier molecular flexibility index (Phi) is 33.0. The van der Waals surface area contributed by atoms with E-state index in [9.17, 15) is 9.90 Å². The first-order valence-electron chi connectivity index (χ1n) is 18.8. The lowest BCUT2D eigenvalue weighted by Gasteiger charge is -2.17. The zero-order valence-corrected chi connectivity index (χ0v) is 28.4. The van der Waals surface area contributed by atoms with Crippen LogP contribution in [0.5, 0.6) is 0 Å². The van der Waals surface area contributed by atoms with Gasteiger partial charge >= 0.3 is 0 Å². The number of amides is 1. The van der Waals surface area contributed by atoms with E-state index in [1.165, 1.54) is 167 Å². The third-order valence-electron chi connectivity index (χ3n) is 8.72. The normalized spacial score (nSPS) is 13.2. The number of rotatable bonds is 33. The molecule has 0 aliphatic rings. The first kappa shape index (κ1) is 40.2. The second kappa shape index (κ2) is 33.7. The Balaban J connectivity index is 3.45. The summed E-state index contributed by atoms with van der Waals surface area (Å²) in [4.78, 5) is 12.3. The predicted molar refractivity (Wildman–Crippen MR) is 183 cm³/mol. The van der Waals surface area contributed by atoms with Gasteiger partial charge in [0.2, 0.25) is 5.91 Å². The molecular formula is C38H75NO2. The number of nitrogens with one attached hydrogen (secondary N) is 1. The molecule has 0 aliphatic carbocycles. The van der Waals surface area contributed by atoms with Gasteiger partial charge in [0, 0.05) is 6.42 Å². The molecule has 0 saturated carbocycles. The Morgan fingerprint density at radius 1 is 0.537 bits per heavy atom. The van der Waals surface area contributed by atoms with E-state index in [1.54, 1.807) is 0 Å². The molecule has 41 heavy (non-hydrogen) atoms. The summed E-state index contributed by atoms with van der Waals surface area (Å²) in [7, 11) is 0. The van der Waals surface area contributed by atoms with Crippen LogP contribution >= 0.6 is 0 Å². The van der Waals surface area contributed by atoms with Gasteiger partial charge in [0.05, 0.1) is 12.1 Å². The van der Waals surface area contributed by atoms with E-state index in [-0.39, 0.29) is 11.9 Å². The van der Waals surface area contributed by atoms with Gasteiger partial charge in [-0.1, -0.05) is 193 Å². The topological polar surface area (TPSA) is 49.3 Å². The molecule has 3 heteroatoms. The van der Waals surface area contributed by atoms with Gasteiger partial charge in [0.15, 0.2) is 0 Å². The number of aliphatic hydroxyl groups is 1. The van der Waals surface area contributed by atoms with Gasteiger partial charge in [-0.3, -0.25) is 4.79 Å². The van der Waals surface area contributed by atoms with Crippen molar-refractivity contribution in [1.82, 2.24) is 5.32 Å². The molecular weight excluding hydrogens is 502 g/mol. The Morgan fingerprint density at radius 2 is 0.854 bits per heavy atom. The molecule has 3 nitrogen and oxygen atoms in total. The molecule has 244 valence electrons. The van der Waals surface area contributed by atoms with Gasteiger partial charge in [0.1, 0.15) is 0 Å². The summed E-state index contributed by atoms with van der Waals surface area (Å²) < 4.78 is 0. The quantitative estimate of drug-likeness (QED) is 0.0602. The highest BCUT2D eigenvalue weighted by Gasteiger charge is 2.13. The van der Waals surface area contributed by atoms with Crippen LogP contribution in [-0.4, -0.2) is 23.2 Å². The summed E-state index contributed by atoms with van der Waals surface area (Å²) in [6.45, 7) is 6.47. The standard InChI is InChI=1S/C38H75NO2/c1-4-6-8-10-12-14-16-18-19-20-21-23-25-27-29-31-33-35-38(41)39-36(3)37(40)34-32-30-28-26-24-22-17-15-13-11-9-7-5-2/h32,34,36-37,40H,4-31,33,35H2,1-3H3,(H,39,41)/b34-32+/t36-,37+/m0/s1. The third kappa shape index (κ3) is 31.9. The lowest BCUT2D eigenvalue weighted by Crippen LogP contribution is -2.40. The fourth-order valence-electron chi connectivity index (χ4n) is 5.75. The monoisotopic (exact) mass is 578 g/mol. The second-order valence-corrected chi connectivity index (χ2v) is 13.0. The van der Waals surface area contributed by atoms with Crippen molar-refractivity contribution in [3.63, 3.8) is 0 Å². The molecule has 0 aromatic carbocycles. The maximum absolute atomic E-state index is 12.3. The molecule has 0 unspecified atom stereocenters. The highest BCUT2D eigenvalue weighted by Crippen LogP contribution is 2.15.